The van der Waals surface area contributed by atoms with Crippen molar-refractivity contribution < 1.29 is 9.53 Å². The number of hydrogen-bond donors (Lipinski definition) is 2. The molecule has 2 rings (SSSR count). The van der Waals surface area contributed by atoms with Gasteiger partial charge in [0.05, 0.1) is 17.5 Å². The van der Waals surface area contributed by atoms with Crippen molar-refractivity contribution in [2.24, 2.45) is 5.92 Å². The summed E-state index contributed by atoms with van der Waals surface area (Å²) in [6, 6.07) is 5.93. The summed E-state index contributed by atoms with van der Waals surface area (Å²) in [5, 5.41) is 4.33. The molecular weight excluding hydrogens is 316 g/mol. The number of nitrogen functional groups attached to an aromatic ring is 1. The van der Waals surface area contributed by atoms with Crippen molar-refractivity contribution in [1.82, 2.24) is 9.97 Å². The molecule has 1 unspecified atom stereocenters. The highest BCUT2D eigenvalue weighted by Crippen LogP contribution is 2.25. The summed E-state index contributed by atoms with van der Waals surface area (Å²) < 4.78 is 5.42. The average molecular weight is 344 g/mol. The van der Waals surface area contributed by atoms with Crippen LogP contribution in [0, 0.1) is 12.8 Å². The molecule has 6 heteroatoms. The SMILES string of the molecule is CCCCC(COC(=O)C(C)C)Nc1nc(N)nc2c(C)cccc12. The third-order valence-corrected chi connectivity index (χ3v) is 4.09. The second-order valence-corrected chi connectivity index (χ2v) is 6.67. The van der Waals surface area contributed by atoms with Crippen LogP contribution in [0.4, 0.5) is 11.8 Å². The topological polar surface area (TPSA) is 90.1 Å². The first kappa shape index (κ1) is 19.0. The molecule has 0 bridgehead atoms. The van der Waals surface area contributed by atoms with Crippen LogP contribution in [0.2, 0.25) is 0 Å². The molecule has 0 saturated heterocycles. The number of aryl methyl sites for hydroxylation is 1. The Bertz CT molecular complexity index is 731. The Labute approximate surface area is 149 Å². The molecule has 0 aliphatic heterocycles. The second-order valence-electron chi connectivity index (χ2n) is 6.67. The number of carbonyl (C=O) groups excluding carboxylic acids is 1. The standard InChI is InChI=1S/C19H28N4O2/c1-5-6-9-14(11-25-18(24)12(2)3)21-17-15-10-7-8-13(4)16(15)22-19(20)23-17/h7-8,10,12,14H,5-6,9,11H2,1-4H3,(H3,20,21,22,23). The Morgan fingerprint density at radius 2 is 2.08 bits per heavy atom. The highest BCUT2D eigenvalue weighted by atomic mass is 16.5. The lowest BCUT2D eigenvalue weighted by molar-refractivity contribution is -0.147. The van der Waals surface area contributed by atoms with Gasteiger partial charge < -0.3 is 15.8 Å². The highest BCUT2D eigenvalue weighted by Gasteiger charge is 2.16. The van der Waals surface area contributed by atoms with Gasteiger partial charge in [-0.1, -0.05) is 45.7 Å². The molecule has 25 heavy (non-hydrogen) atoms. The molecule has 0 fully saturated rings. The van der Waals surface area contributed by atoms with Crippen molar-refractivity contribution in [3.05, 3.63) is 23.8 Å². The van der Waals surface area contributed by atoms with Crippen LogP contribution >= 0.6 is 0 Å². The number of nitrogens with two attached hydrogens (primary N) is 1. The number of benzene rings is 1. The minimum atomic E-state index is -0.189. The van der Waals surface area contributed by atoms with Gasteiger partial charge in [0.25, 0.3) is 0 Å². The minimum absolute atomic E-state index is 0.0133. The molecule has 0 amide bonds. The third-order valence-electron chi connectivity index (χ3n) is 4.09. The van der Waals surface area contributed by atoms with Crippen LogP contribution < -0.4 is 11.1 Å². The Morgan fingerprint density at radius 3 is 2.76 bits per heavy atom. The summed E-state index contributed by atoms with van der Waals surface area (Å²) in [6.07, 6.45) is 3.00. The van der Waals surface area contributed by atoms with E-state index >= 15 is 0 Å². The molecule has 0 aliphatic rings. The van der Waals surface area contributed by atoms with Crippen LogP contribution in [0.15, 0.2) is 18.2 Å². The predicted octanol–water partition coefficient (Wildman–Crippen LogP) is 3.69. The average Bonchev–Trinajstić information content (AvgIpc) is 2.57. The summed E-state index contributed by atoms with van der Waals surface area (Å²) in [4.78, 5) is 20.5. The lowest BCUT2D eigenvalue weighted by atomic mass is 10.1. The van der Waals surface area contributed by atoms with Crippen molar-refractivity contribution in [3.63, 3.8) is 0 Å². The summed E-state index contributed by atoms with van der Waals surface area (Å²) in [6.45, 7) is 8.11. The van der Waals surface area contributed by atoms with Crippen LogP contribution in [0.5, 0.6) is 0 Å². The maximum atomic E-state index is 11.8. The molecule has 0 spiro atoms. The molecule has 136 valence electrons. The Balaban J connectivity index is 2.24. The lowest BCUT2D eigenvalue weighted by Crippen LogP contribution is -2.29. The number of carbonyl (C=O) groups is 1. The number of ether oxygens (including phenoxy) is 1. The number of fused-ring (bicyclic) bond motifs is 1. The van der Waals surface area contributed by atoms with Gasteiger partial charge in [-0.25, -0.2) is 4.98 Å². The van der Waals surface area contributed by atoms with Crippen molar-refractivity contribution in [2.75, 3.05) is 17.7 Å². The molecule has 0 aliphatic carbocycles. The van der Waals surface area contributed by atoms with Gasteiger partial charge in [-0.3, -0.25) is 4.79 Å². The van der Waals surface area contributed by atoms with E-state index in [4.69, 9.17) is 10.5 Å². The number of nitrogens with zero attached hydrogens (tertiary/aromatic N) is 2. The van der Waals surface area contributed by atoms with Crippen LogP contribution in [0.1, 0.15) is 45.6 Å². The summed E-state index contributed by atoms with van der Waals surface area (Å²) in [7, 11) is 0. The van der Waals surface area contributed by atoms with Crippen molar-refractivity contribution in [2.45, 2.75) is 53.0 Å². The van der Waals surface area contributed by atoms with Gasteiger partial charge >= 0.3 is 5.97 Å². The fraction of sp³-hybridized carbons (Fsp3) is 0.526. The fourth-order valence-electron chi connectivity index (χ4n) is 2.61. The second kappa shape index (κ2) is 8.65. The number of nitrogens with one attached hydrogen (secondary N) is 1. The fourth-order valence-corrected chi connectivity index (χ4v) is 2.61. The first-order valence-electron chi connectivity index (χ1n) is 8.88. The summed E-state index contributed by atoms with van der Waals surface area (Å²) >= 11 is 0. The summed E-state index contributed by atoms with van der Waals surface area (Å²) in [5.41, 5.74) is 7.77. The number of hydrogen-bond acceptors (Lipinski definition) is 6. The molecule has 0 radical (unpaired) electrons. The van der Waals surface area contributed by atoms with Gasteiger partial charge in [-0.2, -0.15) is 4.98 Å². The van der Waals surface area contributed by atoms with E-state index in [1.165, 1.54) is 0 Å². The van der Waals surface area contributed by atoms with E-state index in [1.54, 1.807) is 0 Å². The summed E-state index contributed by atoms with van der Waals surface area (Å²) in [5.74, 6) is 0.599. The minimum Gasteiger partial charge on any atom is -0.463 e. The maximum absolute atomic E-state index is 11.8. The van der Waals surface area contributed by atoms with Crippen molar-refractivity contribution >= 4 is 28.6 Å². The van der Waals surface area contributed by atoms with Gasteiger partial charge in [-0.05, 0) is 25.0 Å². The maximum Gasteiger partial charge on any atom is 0.308 e. The zero-order chi connectivity index (χ0) is 18.4. The molecule has 2 aromatic rings. The van der Waals surface area contributed by atoms with E-state index in [0.29, 0.717) is 12.4 Å². The van der Waals surface area contributed by atoms with Crippen LogP contribution in [-0.4, -0.2) is 28.6 Å². The van der Waals surface area contributed by atoms with E-state index in [-0.39, 0.29) is 23.9 Å². The molecule has 6 nitrogen and oxygen atoms in total. The third kappa shape index (κ3) is 5.05. The van der Waals surface area contributed by atoms with E-state index in [0.717, 1.165) is 35.7 Å². The van der Waals surface area contributed by atoms with E-state index in [1.807, 2.05) is 39.0 Å². The van der Waals surface area contributed by atoms with Crippen molar-refractivity contribution in [3.8, 4) is 0 Å². The van der Waals surface area contributed by atoms with E-state index < -0.39 is 0 Å². The van der Waals surface area contributed by atoms with Crippen LogP contribution in [0.3, 0.4) is 0 Å². The largest absolute Gasteiger partial charge is 0.463 e. The van der Waals surface area contributed by atoms with Crippen LogP contribution in [0.25, 0.3) is 10.9 Å². The predicted molar refractivity (Wildman–Crippen MR) is 101 cm³/mol. The lowest BCUT2D eigenvalue weighted by Gasteiger charge is -2.21. The molecule has 1 heterocycles. The normalized spacial score (nSPS) is 12.4. The monoisotopic (exact) mass is 344 g/mol. The molecule has 1 aromatic carbocycles. The zero-order valence-electron chi connectivity index (χ0n) is 15.5. The van der Waals surface area contributed by atoms with Crippen molar-refractivity contribution in [1.29, 1.82) is 0 Å². The van der Waals surface area contributed by atoms with Gasteiger partial charge in [0.15, 0.2) is 0 Å². The number of rotatable bonds is 8. The Morgan fingerprint density at radius 1 is 1.32 bits per heavy atom. The zero-order valence-corrected chi connectivity index (χ0v) is 15.5. The molecule has 0 saturated carbocycles. The molecule has 1 aromatic heterocycles. The van der Waals surface area contributed by atoms with Gasteiger partial charge in [0.1, 0.15) is 12.4 Å². The van der Waals surface area contributed by atoms with Gasteiger partial charge in [0, 0.05) is 5.39 Å². The molecule has 1 atom stereocenters. The Hall–Kier alpha value is -2.37. The van der Waals surface area contributed by atoms with E-state index in [9.17, 15) is 4.79 Å². The van der Waals surface area contributed by atoms with Crippen LogP contribution in [-0.2, 0) is 9.53 Å². The smallest absolute Gasteiger partial charge is 0.308 e. The van der Waals surface area contributed by atoms with Gasteiger partial charge in [-0.15, -0.1) is 0 Å². The van der Waals surface area contributed by atoms with E-state index in [2.05, 4.69) is 22.2 Å². The molecular formula is C19H28N4O2. The number of aromatic nitrogens is 2. The number of unbranched alkanes of at least 4 members (excludes halogenated alkanes) is 1. The first-order chi connectivity index (χ1) is 11.9. The highest BCUT2D eigenvalue weighted by molar-refractivity contribution is 5.92. The first-order valence-corrected chi connectivity index (χ1v) is 8.88. The number of para-hydroxylation sites is 1. The van der Waals surface area contributed by atoms with Gasteiger partial charge in [0.2, 0.25) is 5.95 Å². The number of esters is 1. The molecule has 3 N–H and O–H groups in total. The Kier molecular flexibility index (Phi) is 6.56. The quantitative estimate of drug-likeness (QED) is 0.710. The number of anilines is 2.